The number of nitrogens with one attached hydrogen (secondary N) is 1. The van der Waals surface area contributed by atoms with Gasteiger partial charge in [0.2, 0.25) is 5.91 Å². The summed E-state index contributed by atoms with van der Waals surface area (Å²) in [6.07, 6.45) is 0. The molecule has 17 heavy (non-hydrogen) atoms. The summed E-state index contributed by atoms with van der Waals surface area (Å²) in [7, 11) is 0. The SMILES string of the molecule is CC1(CNC(=O)C(N)c2ccccc2)COC1. The van der Waals surface area contributed by atoms with Crippen molar-refractivity contribution in [2.24, 2.45) is 11.1 Å². The van der Waals surface area contributed by atoms with Crippen LogP contribution in [0.1, 0.15) is 18.5 Å². The van der Waals surface area contributed by atoms with Crippen LogP contribution >= 0.6 is 0 Å². The fraction of sp³-hybridized carbons (Fsp3) is 0.462. The third-order valence-corrected chi connectivity index (χ3v) is 3.03. The highest BCUT2D eigenvalue weighted by Crippen LogP contribution is 2.25. The van der Waals surface area contributed by atoms with Gasteiger partial charge in [0.25, 0.3) is 0 Å². The van der Waals surface area contributed by atoms with Crippen LogP contribution in [-0.4, -0.2) is 25.7 Å². The molecule has 0 radical (unpaired) electrons. The summed E-state index contributed by atoms with van der Waals surface area (Å²) in [5.74, 6) is -0.135. The Morgan fingerprint density at radius 1 is 1.47 bits per heavy atom. The Hall–Kier alpha value is -1.39. The first-order valence-electron chi connectivity index (χ1n) is 5.77. The van der Waals surface area contributed by atoms with E-state index in [0.29, 0.717) is 19.8 Å². The highest BCUT2D eigenvalue weighted by molar-refractivity contribution is 5.82. The molecule has 92 valence electrons. The minimum absolute atomic E-state index is 0.0755. The van der Waals surface area contributed by atoms with E-state index in [1.165, 1.54) is 0 Å². The Balaban J connectivity index is 1.87. The van der Waals surface area contributed by atoms with Gasteiger partial charge in [-0.3, -0.25) is 4.79 Å². The Morgan fingerprint density at radius 3 is 2.65 bits per heavy atom. The van der Waals surface area contributed by atoms with Gasteiger partial charge in [-0.05, 0) is 5.56 Å². The Kier molecular flexibility index (Phi) is 3.45. The van der Waals surface area contributed by atoms with Crippen LogP contribution < -0.4 is 11.1 Å². The molecule has 1 unspecified atom stereocenters. The van der Waals surface area contributed by atoms with Gasteiger partial charge in [-0.25, -0.2) is 0 Å². The zero-order chi connectivity index (χ0) is 12.3. The Labute approximate surface area is 101 Å². The van der Waals surface area contributed by atoms with Crippen LogP contribution in [0.4, 0.5) is 0 Å². The van der Waals surface area contributed by atoms with Gasteiger partial charge in [0.05, 0.1) is 13.2 Å². The third-order valence-electron chi connectivity index (χ3n) is 3.03. The van der Waals surface area contributed by atoms with Gasteiger partial charge in [-0.2, -0.15) is 0 Å². The van der Waals surface area contributed by atoms with Crippen LogP contribution in [0, 0.1) is 5.41 Å². The fourth-order valence-electron chi connectivity index (χ4n) is 1.77. The summed E-state index contributed by atoms with van der Waals surface area (Å²) in [5.41, 5.74) is 6.79. The summed E-state index contributed by atoms with van der Waals surface area (Å²) in [6.45, 7) is 4.11. The van der Waals surface area contributed by atoms with Crippen LogP contribution in [0.2, 0.25) is 0 Å². The molecule has 4 heteroatoms. The summed E-state index contributed by atoms with van der Waals surface area (Å²) in [4.78, 5) is 11.9. The highest BCUT2D eigenvalue weighted by atomic mass is 16.5. The van der Waals surface area contributed by atoms with E-state index < -0.39 is 6.04 Å². The van der Waals surface area contributed by atoms with Gasteiger partial charge in [-0.15, -0.1) is 0 Å². The number of benzene rings is 1. The quantitative estimate of drug-likeness (QED) is 0.811. The van der Waals surface area contributed by atoms with E-state index in [0.717, 1.165) is 5.56 Å². The largest absolute Gasteiger partial charge is 0.380 e. The molecule has 1 aliphatic heterocycles. The minimum Gasteiger partial charge on any atom is -0.380 e. The third kappa shape index (κ3) is 2.84. The number of ether oxygens (including phenoxy) is 1. The average molecular weight is 234 g/mol. The predicted molar refractivity (Wildman–Crippen MR) is 65.3 cm³/mol. The first kappa shape index (κ1) is 12.1. The van der Waals surface area contributed by atoms with Gasteiger partial charge in [0, 0.05) is 12.0 Å². The maximum atomic E-state index is 11.9. The number of amides is 1. The molecule has 0 aliphatic carbocycles. The number of carbonyl (C=O) groups is 1. The summed E-state index contributed by atoms with van der Waals surface area (Å²) in [5, 5.41) is 2.88. The van der Waals surface area contributed by atoms with Gasteiger partial charge < -0.3 is 15.8 Å². The first-order chi connectivity index (χ1) is 8.11. The lowest BCUT2D eigenvalue weighted by atomic mass is 9.88. The average Bonchev–Trinajstić information content (AvgIpc) is 2.33. The van der Waals surface area contributed by atoms with Crippen molar-refractivity contribution in [2.45, 2.75) is 13.0 Å². The fourth-order valence-corrected chi connectivity index (χ4v) is 1.77. The van der Waals surface area contributed by atoms with Crippen molar-refractivity contribution in [1.82, 2.24) is 5.32 Å². The minimum atomic E-state index is -0.596. The Morgan fingerprint density at radius 2 is 2.12 bits per heavy atom. The Bertz CT molecular complexity index is 388. The second-order valence-corrected chi connectivity index (χ2v) is 4.91. The summed E-state index contributed by atoms with van der Waals surface area (Å²) >= 11 is 0. The number of nitrogens with two attached hydrogens (primary N) is 1. The standard InChI is InChI=1S/C13H18N2O2/c1-13(8-17-9-13)7-15-12(16)11(14)10-5-3-2-4-6-10/h2-6,11H,7-9,14H2,1H3,(H,15,16). The molecule has 0 bridgehead atoms. The first-order valence-corrected chi connectivity index (χ1v) is 5.77. The highest BCUT2D eigenvalue weighted by Gasteiger charge is 2.34. The molecule has 0 spiro atoms. The molecule has 1 heterocycles. The zero-order valence-electron chi connectivity index (χ0n) is 9.98. The van der Waals surface area contributed by atoms with Crippen molar-refractivity contribution in [3.05, 3.63) is 35.9 Å². The smallest absolute Gasteiger partial charge is 0.241 e. The van der Waals surface area contributed by atoms with E-state index in [1.54, 1.807) is 0 Å². The van der Waals surface area contributed by atoms with Crippen LogP contribution in [0.5, 0.6) is 0 Å². The molecule has 1 aromatic rings. The molecule has 1 fully saturated rings. The van der Waals surface area contributed by atoms with Crippen molar-refractivity contribution >= 4 is 5.91 Å². The second kappa shape index (κ2) is 4.85. The molecule has 1 atom stereocenters. The molecule has 1 aromatic carbocycles. The van der Waals surface area contributed by atoms with Crippen molar-refractivity contribution in [3.8, 4) is 0 Å². The molecule has 0 aromatic heterocycles. The molecule has 0 saturated carbocycles. The van der Waals surface area contributed by atoms with Crippen LogP contribution in [0.25, 0.3) is 0 Å². The molecule has 2 rings (SSSR count). The molecule has 1 saturated heterocycles. The van der Waals surface area contributed by atoms with Crippen molar-refractivity contribution in [2.75, 3.05) is 19.8 Å². The molecule has 1 amide bonds. The summed E-state index contributed by atoms with van der Waals surface area (Å²) in [6, 6.07) is 8.78. The number of hydrogen-bond acceptors (Lipinski definition) is 3. The van der Waals surface area contributed by atoms with E-state index in [2.05, 4.69) is 12.2 Å². The lowest BCUT2D eigenvalue weighted by Crippen LogP contribution is -2.50. The number of rotatable bonds is 4. The van der Waals surface area contributed by atoms with E-state index in [9.17, 15) is 4.79 Å². The molecule has 1 aliphatic rings. The normalized spacial score (nSPS) is 19.2. The van der Waals surface area contributed by atoms with E-state index in [1.807, 2.05) is 30.3 Å². The van der Waals surface area contributed by atoms with Crippen LogP contribution in [0.15, 0.2) is 30.3 Å². The summed E-state index contributed by atoms with van der Waals surface area (Å²) < 4.78 is 5.13. The second-order valence-electron chi connectivity index (χ2n) is 4.91. The van der Waals surface area contributed by atoms with Crippen molar-refractivity contribution < 1.29 is 9.53 Å². The molecular formula is C13H18N2O2. The van der Waals surface area contributed by atoms with E-state index >= 15 is 0 Å². The number of hydrogen-bond donors (Lipinski definition) is 2. The monoisotopic (exact) mass is 234 g/mol. The van der Waals surface area contributed by atoms with Gasteiger partial charge in [-0.1, -0.05) is 37.3 Å². The lowest BCUT2D eigenvalue weighted by molar-refractivity contribution is -0.128. The zero-order valence-corrected chi connectivity index (χ0v) is 9.98. The number of carbonyl (C=O) groups excluding carboxylic acids is 1. The van der Waals surface area contributed by atoms with E-state index in [-0.39, 0.29) is 11.3 Å². The van der Waals surface area contributed by atoms with Crippen molar-refractivity contribution in [1.29, 1.82) is 0 Å². The topological polar surface area (TPSA) is 64.4 Å². The van der Waals surface area contributed by atoms with Gasteiger partial charge in [0.15, 0.2) is 0 Å². The lowest BCUT2D eigenvalue weighted by Gasteiger charge is -2.38. The van der Waals surface area contributed by atoms with Gasteiger partial charge in [0.1, 0.15) is 6.04 Å². The van der Waals surface area contributed by atoms with Gasteiger partial charge >= 0.3 is 0 Å². The van der Waals surface area contributed by atoms with Crippen LogP contribution in [0.3, 0.4) is 0 Å². The molecular weight excluding hydrogens is 216 g/mol. The van der Waals surface area contributed by atoms with Crippen LogP contribution in [-0.2, 0) is 9.53 Å². The molecule has 4 nitrogen and oxygen atoms in total. The predicted octanol–water partition coefficient (Wildman–Crippen LogP) is 0.839. The maximum absolute atomic E-state index is 11.9. The van der Waals surface area contributed by atoms with Crippen molar-refractivity contribution in [3.63, 3.8) is 0 Å². The van der Waals surface area contributed by atoms with E-state index in [4.69, 9.17) is 10.5 Å². The molecule has 3 N–H and O–H groups in total. The maximum Gasteiger partial charge on any atom is 0.241 e.